The van der Waals surface area contributed by atoms with E-state index in [1.54, 1.807) is 5.38 Å². The molecule has 0 aliphatic rings. The molecule has 0 aliphatic carbocycles. The number of esters is 2. The number of aryl methyl sites for hydroxylation is 1. The van der Waals surface area contributed by atoms with Gasteiger partial charge in [-0.3, -0.25) is 4.79 Å². The molecule has 2 atom stereocenters. The van der Waals surface area contributed by atoms with Crippen LogP contribution in [0.1, 0.15) is 43.2 Å². The van der Waals surface area contributed by atoms with Crippen LogP contribution in [0.3, 0.4) is 0 Å². The normalized spacial score (nSPS) is 12.7. The fourth-order valence-electron chi connectivity index (χ4n) is 2.60. The monoisotopic (exact) mass is 418 g/mol. The van der Waals surface area contributed by atoms with Crippen LogP contribution in [0.2, 0.25) is 0 Å². The number of hydrogen-bond acceptors (Lipinski definition) is 7. The molecule has 1 heterocycles. The molecule has 8 heteroatoms. The number of nitrogens with one attached hydrogen (secondary N) is 1. The number of hydrogen-bond donors (Lipinski definition) is 1. The third kappa shape index (κ3) is 6.12. The molecule has 0 bridgehead atoms. The summed E-state index contributed by atoms with van der Waals surface area (Å²) in [4.78, 5) is 40.4. The third-order valence-electron chi connectivity index (χ3n) is 4.64. The molecule has 1 amide bonds. The van der Waals surface area contributed by atoms with Crippen LogP contribution in [0.15, 0.2) is 29.6 Å². The number of nitrogens with zero attached hydrogens (tertiary/aromatic N) is 1. The van der Waals surface area contributed by atoms with Gasteiger partial charge in [0, 0.05) is 10.9 Å². The summed E-state index contributed by atoms with van der Waals surface area (Å²) in [6.07, 6.45) is 1.63. The Morgan fingerprint density at radius 1 is 1.17 bits per heavy atom. The van der Waals surface area contributed by atoms with Crippen LogP contribution in [-0.2, 0) is 25.5 Å². The Labute approximate surface area is 174 Å². The van der Waals surface area contributed by atoms with Crippen LogP contribution in [0, 0.1) is 5.92 Å². The van der Waals surface area contributed by atoms with E-state index < -0.39 is 30.5 Å². The van der Waals surface area contributed by atoms with Crippen molar-refractivity contribution in [2.45, 2.75) is 39.7 Å². The molecule has 0 spiro atoms. The Balaban J connectivity index is 1.94. The molecule has 1 aromatic heterocycles. The van der Waals surface area contributed by atoms with E-state index in [0.717, 1.165) is 12.0 Å². The van der Waals surface area contributed by atoms with Crippen LogP contribution in [0.4, 0.5) is 0 Å². The largest absolute Gasteiger partial charge is 0.467 e. The maximum Gasteiger partial charge on any atom is 0.358 e. The zero-order chi connectivity index (χ0) is 21.4. The molecule has 29 heavy (non-hydrogen) atoms. The molecule has 1 N–H and O–H groups in total. The highest BCUT2D eigenvalue weighted by Gasteiger charge is 2.27. The molecule has 2 rings (SSSR count). The van der Waals surface area contributed by atoms with Crippen molar-refractivity contribution in [3.8, 4) is 10.6 Å². The topological polar surface area (TPSA) is 94.6 Å². The molecular formula is C21H26N2O5S. The van der Waals surface area contributed by atoms with Crippen molar-refractivity contribution in [2.75, 3.05) is 13.7 Å². The summed E-state index contributed by atoms with van der Waals surface area (Å²) in [5.74, 6) is -1.90. The first-order valence-corrected chi connectivity index (χ1v) is 10.4. The predicted molar refractivity (Wildman–Crippen MR) is 111 cm³/mol. The lowest BCUT2D eigenvalue weighted by atomic mass is 9.99. The number of rotatable bonds is 9. The average molecular weight is 419 g/mol. The van der Waals surface area contributed by atoms with Crippen molar-refractivity contribution in [3.63, 3.8) is 0 Å². The zero-order valence-corrected chi connectivity index (χ0v) is 17.9. The van der Waals surface area contributed by atoms with Crippen LogP contribution in [0.25, 0.3) is 10.6 Å². The van der Waals surface area contributed by atoms with Gasteiger partial charge in [0.2, 0.25) is 0 Å². The van der Waals surface area contributed by atoms with Crippen molar-refractivity contribution < 1.29 is 23.9 Å². The number of carbonyl (C=O) groups excluding carboxylic acids is 3. The first kappa shape index (κ1) is 22.5. The van der Waals surface area contributed by atoms with Gasteiger partial charge in [0.15, 0.2) is 12.3 Å². The smallest absolute Gasteiger partial charge is 0.358 e. The molecule has 2 aromatic rings. The van der Waals surface area contributed by atoms with Gasteiger partial charge in [-0.05, 0) is 17.9 Å². The van der Waals surface area contributed by atoms with Gasteiger partial charge in [-0.2, -0.15) is 0 Å². The molecule has 0 radical (unpaired) electrons. The lowest BCUT2D eigenvalue weighted by Crippen LogP contribution is -2.47. The van der Waals surface area contributed by atoms with E-state index in [-0.39, 0.29) is 11.6 Å². The van der Waals surface area contributed by atoms with Gasteiger partial charge in [0.25, 0.3) is 5.91 Å². The maximum atomic E-state index is 12.2. The predicted octanol–water partition coefficient (Wildman–Crippen LogP) is 3.23. The molecule has 0 fully saturated rings. The van der Waals surface area contributed by atoms with E-state index in [0.29, 0.717) is 11.4 Å². The van der Waals surface area contributed by atoms with E-state index in [1.807, 2.05) is 38.1 Å². The fourth-order valence-corrected chi connectivity index (χ4v) is 3.39. The standard InChI is InChI=1S/C21H26N2O5S/c1-5-13(3)18(21(26)27-4)23-17(24)11-28-20(25)16-12-29-19(22-16)15-9-7-14(6-2)8-10-15/h7-10,12-13,18H,5-6,11H2,1-4H3,(H,23,24). The first-order chi connectivity index (χ1) is 13.9. The highest BCUT2D eigenvalue weighted by Crippen LogP contribution is 2.24. The molecule has 2 unspecified atom stereocenters. The Hall–Kier alpha value is -2.74. The van der Waals surface area contributed by atoms with Crippen LogP contribution < -0.4 is 5.32 Å². The molecule has 0 aliphatic heterocycles. The van der Waals surface area contributed by atoms with Gasteiger partial charge in [0.05, 0.1) is 7.11 Å². The Kier molecular flexibility index (Phi) is 8.33. The van der Waals surface area contributed by atoms with E-state index in [2.05, 4.69) is 17.2 Å². The number of methoxy groups -OCH3 is 1. The molecule has 7 nitrogen and oxygen atoms in total. The lowest BCUT2D eigenvalue weighted by Gasteiger charge is -2.21. The molecule has 0 saturated carbocycles. The summed E-state index contributed by atoms with van der Waals surface area (Å²) in [6.45, 7) is 5.32. The minimum Gasteiger partial charge on any atom is -0.467 e. The van der Waals surface area contributed by atoms with Gasteiger partial charge >= 0.3 is 11.9 Å². The van der Waals surface area contributed by atoms with Gasteiger partial charge in [-0.25, -0.2) is 14.6 Å². The summed E-state index contributed by atoms with van der Waals surface area (Å²) < 4.78 is 9.76. The van der Waals surface area contributed by atoms with E-state index in [9.17, 15) is 14.4 Å². The molecule has 156 valence electrons. The summed E-state index contributed by atoms with van der Waals surface area (Å²) >= 11 is 1.33. The summed E-state index contributed by atoms with van der Waals surface area (Å²) in [7, 11) is 1.26. The van der Waals surface area contributed by atoms with Gasteiger partial charge in [0.1, 0.15) is 11.0 Å². The third-order valence-corrected chi connectivity index (χ3v) is 5.53. The minimum atomic E-state index is -0.784. The Morgan fingerprint density at radius 3 is 2.45 bits per heavy atom. The van der Waals surface area contributed by atoms with Crippen molar-refractivity contribution in [2.24, 2.45) is 5.92 Å². The van der Waals surface area contributed by atoms with Crippen molar-refractivity contribution >= 4 is 29.2 Å². The summed E-state index contributed by atoms with van der Waals surface area (Å²) in [6, 6.07) is 7.18. The van der Waals surface area contributed by atoms with Crippen LogP contribution >= 0.6 is 11.3 Å². The molecule has 1 aromatic carbocycles. The van der Waals surface area contributed by atoms with Gasteiger partial charge < -0.3 is 14.8 Å². The highest BCUT2D eigenvalue weighted by molar-refractivity contribution is 7.13. The molecule has 0 saturated heterocycles. The van der Waals surface area contributed by atoms with Crippen molar-refractivity contribution in [3.05, 3.63) is 40.9 Å². The second-order valence-corrected chi connectivity index (χ2v) is 7.48. The van der Waals surface area contributed by atoms with Crippen LogP contribution in [0.5, 0.6) is 0 Å². The first-order valence-electron chi connectivity index (χ1n) is 9.48. The number of benzene rings is 1. The highest BCUT2D eigenvalue weighted by atomic mass is 32.1. The summed E-state index contributed by atoms with van der Waals surface area (Å²) in [5.41, 5.74) is 2.28. The number of aromatic nitrogens is 1. The van der Waals surface area contributed by atoms with Crippen LogP contribution in [-0.4, -0.2) is 42.6 Å². The quantitative estimate of drug-likeness (QED) is 0.628. The second-order valence-electron chi connectivity index (χ2n) is 6.62. The minimum absolute atomic E-state index is 0.109. The van der Waals surface area contributed by atoms with E-state index in [1.165, 1.54) is 24.0 Å². The molecular weight excluding hydrogens is 392 g/mol. The number of amides is 1. The van der Waals surface area contributed by atoms with Crippen molar-refractivity contribution in [1.29, 1.82) is 0 Å². The maximum absolute atomic E-state index is 12.2. The van der Waals surface area contributed by atoms with E-state index in [4.69, 9.17) is 9.47 Å². The number of ether oxygens (including phenoxy) is 2. The SMILES string of the molecule is CCc1ccc(-c2nc(C(=O)OCC(=O)NC(C(=O)OC)C(C)CC)cs2)cc1. The Morgan fingerprint density at radius 2 is 1.86 bits per heavy atom. The van der Waals surface area contributed by atoms with Crippen molar-refractivity contribution in [1.82, 2.24) is 10.3 Å². The number of carbonyl (C=O) groups is 3. The van der Waals surface area contributed by atoms with Gasteiger partial charge in [-0.15, -0.1) is 11.3 Å². The van der Waals surface area contributed by atoms with E-state index >= 15 is 0 Å². The lowest BCUT2D eigenvalue weighted by molar-refractivity contribution is -0.147. The second kappa shape index (κ2) is 10.7. The number of thiazole rings is 1. The fraction of sp³-hybridized carbons (Fsp3) is 0.429. The summed E-state index contributed by atoms with van der Waals surface area (Å²) in [5, 5.41) is 4.86. The zero-order valence-electron chi connectivity index (χ0n) is 17.1. The average Bonchev–Trinajstić information content (AvgIpc) is 3.25. The van der Waals surface area contributed by atoms with Gasteiger partial charge in [-0.1, -0.05) is 51.5 Å². The Bertz CT molecular complexity index is 847.